The lowest BCUT2D eigenvalue weighted by atomic mass is 10.2. The Morgan fingerprint density at radius 2 is 2.07 bits per heavy atom. The van der Waals surface area contributed by atoms with Gasteiger partial charge in [-0.1, -0.05) is 23.7 Å². The number of carbonyl (C=O) groups excluding carboxylic acids is 1. The largest absolute Gasteiger partial charge is 0.444 e. The molecule has 0 bridgehead atoms. The number of hydrogen-bond acceptors (Lipinski definition) is 5. The molecule has 2 aromatic rings. The van der Waals surface area contributed by atoms with Crippen molar-refractivity contribution in [2.24, 2.45) is 0 Å². The molecule has 2 heterocycles. The Bertz CT molecular complexity index is 1060. The zero-order valence-corrected chi connectivity index (χ0v) is 19.8. The molecular formula is C19H23BrClN3O4S. The standard InChI is InChI=1S/C19H23BrClN3O4S/c1-19(2,3)28-18(25)23(4)12-8-9-24(11-12)29(26,27)15-7-5-6-13-16(15)14(20)10-22-17(13)21/h5-7,10,12H,8-9,11H2,1-4H3. The van der Waals surface area contributed by atoms with Gasteiger partial charge in [0.1, 0.15) is 10.8 Å². The number of pyridine rings is 1. The van der Waals surface area contributed by atoms with E-state index >= 15 is 0 Å². The molecule has 0 radical (unpaired) electrons. The summed E-state index contributed by atoms with van der Waals surface area (Å²) in [5, 5.41) is 1.30. The van der Waals surface area contributed by atoms with Gasteiger partial charge in [0, 0.05) is 47.6 Å². The van der Waals surface area contributed by atoms with Crippen molar-refractivity contribution in [3.63, 3.8) is 0 Å². The minimum absolute atomic E-state index is 0.159. The molecule has 7 nitrogen and oxygen atoms in total. The van der Waals surface area contributed by atoms with Gasteiger partial charge in [-0.3, -0.25) is 0 Å². The topological polar surface area (TPSA) is 79.8 Å². The van der Waals surface area contributed by atoms with Gasteiger partial charge in [-0.15, -0.1) is 0 Å². The average molecular weight is 505 g/mol. The van der Waals surface area contributed by atoms with E-state index < -0.39 is 21.7 Å². The lowest BCUT2D eigenvalue weighted by molar-refractivity contribution is 0.0232. The van der Waals surface area contributed by atoms with E-state index in [1.807, 2.05) is 0 Å². The van der Waals surface area contributed by atoms with Crippen molar-refractivity contribution >= 4 is 54.4 Å². The van der Waals surface area contributed by atoms with Gasteiger partial charge in [0.15, 0.2) is 0 Å². The third kappa shape index (κ3) is 4.52. The fraction of sp³-hybridized carbons (Fsp3) is 0.474. The molecule has 0 N–H and O–H groups in total. The van der Waals surface area contributed by atoms with Crippen molar-refractivity contribution in [2.45, 2.75) is 43.7 Å². The van der Waals surface area contributed by atoms with Crippen molar-refractivity contribution in [3.05, 3.63) is 34.0 Å². The van der Waals surface area contributed by atoms with Gasteiger partial charge in [0.05, 0.1) is 4.90 Å². The first-order chi connectivity index (χ1) is 13.4. The molecule has 1 atom stereocenters. The number of sulfonamides is 1. The van der Waals surface area contributed by atoms with Gasteiger partial charge < -0.3 is 9.64 Å². The van der Waals surface area contributed by atoms with Crippen LogP contribution >= 0.6 is 27.5 Å². The number of ether oxygens (including phenoxy) is 1. The number of nitrogens with zero attached hydrogens (tertiary/aromatic N) is 3. The van der Waals surface area contributed by atoms with Crippen LogP contribution in [-0.4, -0.2) is 60.5 Å². The number of likely N-dealkylation sites (N-methyl/N-ethyl adjacent to an activating group) is 1. The zero-order chi connectivity index (χ0) is 21.6. The first-order valence-corrected chi connectivity index (χ1v) is 11.7. The minimum atomic E-state index is -3.79. The fourth-order valence-electron chi connectivity index (χ4n) is 3.28. The molecule has 0 aliphatic carbocycles. The summed E-state index contributed by atoms with van der Waals surface area (Å²) in [5.41, 5.74) is -0.613. The van der Waals surface area contributed by atoms with Gasteiger partial charge in [-0.2, -0.15) is 4.31 Å². The molecule has 1 saturated heterocycles. The van der Waals surface area contributed by atoms with Crippen LogP contribution in [0, 0.1) is 0 Å². The van der Waals surface area contributed by atoms with Crippen molar-refractivity contribution < 1.29 is 17.9 Å². The molecule has 1 fully saturated rings. The van der Waals surface area contributed by atoms with E-state index in [1.54, 1.807) is 46.0 Å². The quantitative estimate of drug-likeness (QED) is 0.583. The van der Waals surface area contributed by atoms with Crippen LogP contribution in [0.3, 0.4) is 0 Å². The third-order valence-electron chi connectivity index (χ3n) is 4.75. The Morgan fingerprint density at radius 3 is 2.72 bits per heavy atom. The third-order valence-corrected chi connectivity index (χ3v) is 7.56. The summed E-state index contributed by atoms with van der Waals surface area (Å²) in [7, 11) is -2.16. The normalized spacial score (nSPS) is 18.2. The number of aromatic nitrogens is 1. The highest BCUT2D eigenvalue weighted by Crippen LogP contribution is 2.35. The maximum absolute atomic E-state index is 13.4. The van der Waals surface area contributed by atoms with E-state index in [4.69, 9.17) is 16.3 Å². The first-order valence-electron chi connectivity index (χ1n) is 9.10. The summed E-state index contributed by atoms with van der Waals surface area (Å²) >= 11 is 9.56. The highest BCUT2D eigenvalue weighted by molar-refractivity contribution is 9.10. The molecule has 158 valence electrons. The molecule has 1 aliphatic rings. The predicted molar refractivity (Wildman–Crippen MR) is 116 cm³/mol. The number of fused-ring (bicyclic) bond motifs is 1. The number of carbonyl (C=O) groups is 1. The van der Waals surface area contributed by atoms with E-state index in [9.17, 15) is 13.2 Å². The first kappa shape index (κ1) is 22.3. The molecule has 1 unspecified atom stereocenters. The predicted octanol–water partition coefficient (Wildman–Crippen LogP) is 4.28. The summed E-state index contributed by atoms with van der Waals surface area (Å²) in [4.78, 5) is 18.0. The number of halogens is 2. The Balaban J connectivity index is 1.88. The molecule has 1 amide bonds. The smallest absolute Gasteiger partial charge is 0.410 e. The van der Waals surface area contributed by atoms with E-state index in [0.717, 1.165) is 0 Å². The molecule has 0 spiro atoms. The van der Waals surface area contributed by atoms with Crippen LogP contribution in [0.25, 0.3) is 10.8 Å². The highest BCUT2D eigenvalue weighted by atomic mass is 79.9. The minimum Gasteiger partial charge on any atom is -0.444 e. The van der Waals surface area contributed by atoms with E-state index in [0.29, 0.717) is 28.2 Å². The van der Waals surface area contributed by atoms with Crippen molar-refractivity contribution in [1.29, 1.82) is 0 Å². The summed E-state index contributed by atoms with van der Waals surface area (Å²) in [5.74, 6) is 0. The second-order valence-electron chi connectivity index (χ2n) is 7.97. The maximum Gasteiger partial charge on any atom is 0.410 e. The SMILES string of the molecule is CN(C(=O)OC(C)(C)C)C1CCN(S(=O)(=O)c2cccc3c(Cl)ncc(Br)c23)C1. The van der Waals surface area contributed by atoms with Crippen LogP contribution in [0.4, 0.5) is 4.79 Å². The number of benzene rings is 1. The second kappa shape index (κ2) is 8.02. The van der Waals surface area contributed by atoms with Crippen molar-refractivity contribution in [2.75, 3.05) is 20.1 Å². The van der Waals surface area contributed by atoms with Crippen LogP contribution in [0.2, 0.25) is 5.15 Å². The number of amides is 1. The summed E-state index contributed by atoms with van der Waals surface area (Å²) in [6, 6.07) is 4.68. The molecule has 29 heavy (non-hydrogen) atoms. The molecule has 0 saturated carbocycles. The molecular weight excluding hydrogens is 482 g/mol. The van der Waals surface area contributed by atoms with Crippen LogP contribution < -0.4 is 0 Å². The second-order valence-corrected chi connectivity index (χ2v) is 11.1. The molecule has 10 heteroatoms. The molecule has 1 aromatic heterocycles. The summed E-state index contributed by atoms with van der Waals surface area (Å²) in [6.07, 6.45) is 1.56. The maximum atomic E-state index is 13.4. The van der Waals surface area contributed by atoms with Crippen LogP contribution in [0.5, 0.6) is 0 Å². The van der Waals surface area contributed by atoms with E-state index in [-0.39, 0.29) is 22.6 Å². The Labute approximate surface area is 184 Å². The van der Waals surface area contributed by atoms with Crippen molar-refractivity contribution in [3.8, 4) is 0 Å². The van der Waals surface area contributed by atoms with Gasteiger partial charge in [0.25, 0.3) is 0 Å². The Hall–Kier alpha value is -1.42. The fourth-order valence-corrected chi connectivity index (χ4v) is 5.87. The van der Waals surface area contributed by atoms with E-state index in [2.05, 4.69) is 20.9 Å². The monoisotopic (exact) mass is 503 g/mol. The number of hydrogen-bond donors (Lipinski definition) is 0. The van der Waals surface area contributed by atoms with Gasteiger partial charge in [0.2, 0.25) is 10.0 Å². The highest BCUT2D eigenvalue weighted by Gasteiger charge is 2.37. The molecule has 1 aliphatic heterocycles. The Morgan fingerprint density at radius 1 is 1.38 bits per heavy atom. The average Bonchev–Trinajstić information content (AvgIpc) is 3.13. The van der Waals surface area contributed by atoms with Gasteiger partial charge in [-0.05, 0) is 49.2 Å². The van der Waals surface area contributed by atoms with E-state index in [1.165, 1.54) is 15.4 Å². The van der Waals surface area contributed by atoms with Crippen LogP contribution in [-0.2, 0) is 14.8 Å². The zero-order valence-electron chi connectivity index (χ0n) is 16.6. The Kier molecular flexibility index (Phi) is 6.16. The molecule has 3 rings (SSSR count). The van der Waals surface area contributed by atoms with Crippen molar-refractivity contribution in [1.82, 2.24) is 14.2 Å². The molecule has 1 aromatic carbocycles. The summed E-state index contributed by atoms with van der Waals surface area (Å²) < 4.78 is 34.1. The lowest BCUT2D eigenvalue weighted by Gasteiger charge is -2.28. The van der Waals surface area contributed by atoms with Crippen LogP contribution in [0.15, 0.2) is 33.8 Å². The van der Waals surface area contributed by atoms with Gasteiger partial charge >= 0.3 is 6.09 Å². The van der Waals surface area contributed by atoms with Gasteiger partial charge in [-0.25, -0.2) is 18.2 Å². The summed E-state index contributed by atoms with van der Waals surface area (Å²) in [6.45, 7) is 5.89. The number of rotatable bonds is 3. The lowest BCUT2D eigenvalue weighted by Crippen LogP contribution is -2.42. The van der Waals surface area contributed by atoms with Crippen LogP contribution in [0.1, 0.15) is 27.2 Å².